The number of rotatable bonds is 2. The average Bonchev–Trinajstić information content (AvgIpc) is 2.09. The second-order valence-corrected chi connectivity index (χ2v) is 3.06. The molecule has 68 valence electrons. The molecule has 5 heteroatoms. The Morgan fingerprint density at radius 2 is 1.92 bits per heavy atom. The molecule has 0 aromatic heterocycles. The van der Waals surface area contributed by atoms with E-state index < -0.39 is 5.91 Å². The Balaban J connectivity index is 2.26. The first-order chi connectivity index (χ1) is 5.72. The number of piperazine rings is 1. The van der Waals surface area contributed by atoms with Gasteiger partial charge >= 0.3 is 0 Å². The number of amides is 1. The smallest absolute Gasteiger partial charge is 0.300 e. The van der Waals surface area contributed by atoms with E-state index in [1.165, 1.54) is 0 Å². The van der Waals surface area contributed by atoms with Gasteiger partial charge in [0.1, 0.15) is 0 Å². The predicted octanol–water partition coefficient (Wildman–Crippen LogP) is -0.473. The minimum absolute atomic E-state index is 0.178. The minimum atomic E-state index is -0.570. The van der Waals surface area contributed by atoms with Crippen molar-refractivity contribution in [3.05, 3.63) is 4.91 Å². The zero-order valence-electron chi connectivity index (χ0n) is 7.19. The number of carbonyl (C=O) groups is 1. The molecule has 1 aliphatic rings. The maximum Gasteiger partial charge on any atom is 0.300 e. The molecule has 0 atom stereocenters. The van der Waals surface area contributed by atoms with Crippen LogP contribution < -0.4 is 0 Å². The lowest BCUT2D eigenvalue weighted by Gasteiger charge is -2.30. The van der Waals surface area contributed by atoms with Gasteiger partial charge in [0.25, 0.3) is 5.91 Å². The summed E-state index contributed by atoms with van der Waals surface area (Å²) in [6.07, 6.45) is 0. The molecule has 0 unspecified atom stereocenters. The van der Waals surface area contributed by atoms with Crippen LogP contribution in [0.2, 0.25) is 0 Å². The molecule has 0 radical (unpaired) electrons. The molecule has 1 fully saturated rings. The van der Waals surface area contributed by atoms with Crippen LogP contribution in [0.3, 0.4) is 0 Å². The topological polar surface area (TPSA) is 53.0 Å². The van der Waals surface area contributed by atoms with E-state index in [4.69, 9.17) is 0 Å². The molecule has 0 bridgehead atoms. The van der Waals surface area contributed by atoms with Crippen LogP contribution in [0.1, 0.15) is 0 Å². The highest BCUT2D eigenvalue weighted by Crippen LogP contribution is 1.98. The van der Waals surface area contributed by atoms with Gasteiger partial charge in [-0.25, -0.2) is 0 Å². The van der Waals surface area contributed by atoms with Crippen LogP contribution in [0.15, 0.2) is 5.18 Å². The third-order valence-corrected chi connectivity index (χ3v) is 2.06. The minimum Gasteiger partial charge on any atom is -0.304 e. The summed E-state index contributed by atoms with van der Waals surface area (Å²) in [5.74, 6) is -0.570. The number of nitroso groups, excluding NO2 is 1. The number of likely N-dealkylation sites (N-methyl/N-ethyl adjacent to an activating group) is 1. The van der Waals surface area contributed by atoms with Crippen molar-refractivity contribution in [1.29, 1.82) is 0 Å². The van der Waals surface area contributed by atoms with Gasteiger partial charge in [0.15, 0.2) is 0 Å². The normalized spacial score (nSPS) is 20.8. The lowest BCUT2D eigenvalue weighted by Crippen LogP contribution is -2.45. The van der Waals surface area contributed by atoms with E-state index in [1.807, 2.05) is 11.9 Å². The standard InChI is InChI=1S/C7H13N3O2/c1-9-2-4-10(5-3-9)6-7(11)8-12/h2-6H2,1H3. The van der Waals surface area contributed by atoms with Crippen LogP contribution in [-0.4, -0.2) is 55.5 Å². The number of hydrogen-bond donors (Lipinski definition) is 0. The molecule has 1 amide bonds. The molecule has 12 heavy (non-hydrogen) atoms. The van der Waals surface area contributed by atoms with Gasteiger partial charge in [-0.3, -0.25) is 9.69 Å². The Labute approximate surface area is 71.3 Å². The number of nitrogens with zero attached hydrogens (tertiary/aromatic N) is 3. The Morgan fingerprint density at radius 3 is 2.42 bits per heavy atom. The first-order valence-corrected chi connectivity index (χ1v) is 3.99. The van der Waals surface area contributed by atoms with Gasteiger partial charge in [0, 0.05) is 31.4 Å². The molecule has 0 saturated carbocycles. The van der Waals surface area contributed by atoms with Crippen molar-refractivity contribution in [3.8, 4) is 0 Å². The van der Waals surface area contributed by atoms with Crippen molar-refractivity contribution in [3.63, 3.8) is 0 Å². The Morgan fingerprint density at radius 1 is 1.33 bits per heavy atom. The third-order valence-electron chi connectivity index (χ3n) is 2.06. The highest BCUT2D eigenvalue weighted by molar-refractivity contribution is 5.78. The van der Waals surface area contributed by atoms with Gasteiger partial charge in [-0.05, 0) is 7.05 Å². The van der Waals surface area contributed by atoms with Crippen molar-refractivity contribution < 1.29 is 4.79 Å². The van der Waals surface area contributed by atoms with E-state index in [0.717, 1.165) is 26.2 Å². The van der Waals surface area contributed by atoms with E-state index in [0.29, 0.717) is 0 Å². The van der Waals surface area contributed by atoms with E-state index in [2.05, 4.69) is 10.1 Å². The number of carbonyl (C=O) groups excluding carboxylic acids is 1. The molecule has 1 aliphatic heterocycles. The summed E-state index contributed by atoms with van der Waals surface area (Å²) in [4.78, 5) is 24.6. The molecule has 1 heterocycles. The maximum atomic E-state index is 10.6. The fourth-order valence-electron chi connectivity index (χ4n) is 1.23. The van der Waals surface area contributed by atoms with E-state index in [-0.39, 0.29) is 6.54 Å². The van der Waals surface area contributed by atoms with Crippen LogP contribution in [0.25, 0.3) is 0 Å². The Bertz CT molecular complexity index is 175. The summed E-state index contributed by atoms with van der Waals surface area (Å²) in [5.41, 5.74) is 0. The van der Waals surface area contributed by atoms with E-state index >= 15 is 0 Å². The maximum absolute atomic E-state index is 10.6. The molecule has 0 aromatic carbocycles. The van der Waals surface area contributed by atoms with Crippen LogP contribution in [0, 0.1) is 4.91 Å². The lowest BCUT2D eigenvalue weighted by molar-refractivity contribution is -0.119. The molecule has 0 N–H and O–H groups in total. The van der Waals surface area contributed by atoms with Gasteiger partial charge in [0.2, 0.25) is 0 Å². The summed E-state index contributed by atoms with van der Waals surface area (Å²) in [6, 6.07) is 0. The molecule has 0 spiro atoms. The third kappa shape index (κ3) is 2.67. The lowest BCUT2D eigenvalue weighted by atomic mass is 10.3. The molecule has 0 aliphatic carbocycles. The first kappa shape index (κ1) is 9.28. The van der Waals surface area contributed by atoms with E-state index in [1.54, 1.807) is 0 Å². The van der Waals surface area contributed by atoms with Gasteiger partial charge in [0.05, 0.1) is 6.54 Å². The van der Waals surface area contributed by atoms with Gasteiger partial charge in [-0.2, -0.15) is 0 Å². The summed E-state index contributed by atoms with van der Waals surface area (Å²) in [5, 5.41) is 2.36. The highest BCUT2D eigenvalue weighted by Gasteiger charge is 2.16. The van der Waals surface area contributed by atoms with Crippen LogP contribution in [-0.2, 0) is 4.79 Å². The van der Waals surface area contributed by atoms with Gasteiger partial charge in [-0.15, -0.1) is 4.91 Å². The largest absolute Gasteiger partial charge is 0.304 e. The second-order valence-electron chi connectivity index (χ2n) is 3.06. The van der Waals surface area contributed by atoms with Crippen molar-refractivity contribution in [2.24, 2.45) is 5.18 Å². The fourth-order valence-corrected chi connectivity index (χ4v) is 1.23. The molecule has 5 nitrogen and oxygen atoms in total. The van der Waals surface area contributed by atoms with Gasteiger partial charge in [-0.1, -0.05) is 0 Å². The second kappa shape index (κ2) is 4.27. The zero-order chi connectivity index (χ0) is 8.97. The monoisotopic (exact) mass is 171 g/mol. The zero-order valence-corrected chi connectivity index (χ0v) is 7.19. The molecule has 1 rings (SSSR count). The average molecular weight is 171 g/mol. The molecule has 0 aromatic rings. The van der Waals surface area contributed by atoms with E-state index in [9.17, 15) is 9.70 Å². The van der Waals surface area contributed by atoms with Crippen molar-refractivity contribution in [2.75, 3.05) is 39.8 Å². The molecule has 1 saturated heterocycles. The summed E-state index contributed by atoms with van der Waals surface area (Å²) in [6.45, 7) is 3.77. The SMILES string of the molecule is CN1CCN(CC(=O)N=O)CC1. The summed E-state index contributed by atoms with van der Waals surface area (Å²) >= 11 is 0. The molecular weight excluding hydrogens is 158 g/mol. The molecular formula is C7H13N3O2. The van der Waals surface area contributed by atoms with Crippen molar-refractivity contribution in [1.82, 2.24) is 9.80 Å². The summed E-state index contributed by atoms with van der Waals surface area (Å²) < 4.78 is 0. The van der Waals surface area contributed by atoms with Crippen molar-refractivity contribution >= 4 is 5.91 Å². The summed E-state index contributed by atoms with van der Waals surface area (Å²) in [7, 11) is 2.04. The van der Waals surface area contributed by atoms with Crippen molar-refractivity contribution in [2.45, 2.75) is 0 Å². The van der Waals surface area contributed by atoms with Crippen LogP contribution >= 0.6 is 0 Å². The number of hydrogen-bond acceptors (Lipinski definition) is 4. The Kier molecular flexibility index (Phi) is 3.31. The van der Waals surface area contributed by atoms with Crippen LogP contribution in [0.4, 0.5) is 0 Å². The quantitative estimate of drug-likeness (QED) is 0.527. The predicted molar refractivity (Wildman–Crippen MR) is 44.7 cm³/mol. The Hall–Kier alpha value is -0.810. The van der Waals surface area contributed by atoms with Gasteiger partial charge < -0.3 is 4.90 Å². The first-order valence-electron chi connectivity index (χ1n) is 3.99. The highest BCUT2D eigenvalue weighted by atomic mass is 16.3. The fraction of sp³-hybridized carbons (Fsp3) is 0.857. The van der Waals surface area contributed by atoms with Crippen LogP contribution in [0.5, 0.6) is 0 Å².